The van der Waals surface area contributed by atoms with Crippen molar-refractivity contribution in [2.24, 2.45) is 0 Å². The first kappa shape index (κ1) is 14.4. The van der Waals surface area contributed by atoms with Crippen LogP contribution in [0.25, 0.3) is 0 Å². The van der Waals surface area contributed by atoms with Gasteiger partial charge in [-0.3, -0.25) is 9.80 Å². The lowest BCUT2D eigenvalue weighted by molar-refractivity contribution is 0.0654. The Hall–Kier alpha value is -0.970. The Morgan fingerprint density at radius 3 is 2.47 bits per heavy atom. The minimum atomic E-state index is -0.271. The van der Waals surface area contributed by atoms with E-state index in [1.807, 2.05) is 13.0 Å². The molecule has 4 heteroatoms. The zero-order chi connectivity index (χ0) is 13.8. The molecule has 1 saturated heterocycles. The summed E-state index contributed by atoms with van der Waals surface area (Å²) in [5.41, 5.74) is 1.03. The Balaban J connectivity index is 1.90. The Kier molecular flexibility index (Phi) is 4.91. The molecule has 0 radical (unpaired) electrons. The van der Waals surface area contributed by atoms with Gasteiger partial charge in [-0.15, -0.1) is 0 Å². The van der Waals surface area contributed by atoms with E-state index in [1.54, 1.807) is 12.1 Å². The van der Waals surface area contributed by atoms with E-state index in [4.69, 9.17) is 0 Å². The lowest BCUT2D eigenvalue weighted by Gasteiger charge is -2.38. The van der Waals surface area contributed by atoms with E-state index in [1.165, 1.54) is 6.07 Å². The Morgan fingerprint density at radius 1 is 1.21 bits per heavy atom. The van der Waals surface area contributed by atoms with Crippen LogP contribution in [0.15, 0.2) is 24.3 Å². The van der Waals surface area contributed by atoms with Crippen LogP contribution in [0.2, 0.25) is 0 Å². The highest BCUT2D eigenvalue weighted by Crippen LogP contribution is 2.22. The van der Waals surface area contributed by atoms with Crippen LogP contribution in [0.1, 0.15) is 25.5 Å². The average molecular weight is 266 g/mol. The van der Waals surface area contributed by atoms with Crippen LogP contribution < -0.4 is 0 Å². The molecule has 0 amide bonds. The zero-order valence-electron chi connectivity index (χ0n) is 11.7. The van der Waals surface area contributed by atoms with E-state index >= 15 is 0 Å². The highest BCUT2D eigenvalue weighted by atomic mass is 19.1. The summed E-state index contributed by atoms with van der Waals surface area (Å²) >= 11 is 0. The number of piperazine rings is 1. The fraction of sp³-hybridized carbons (Fsp3) is 0.600. The summed E-state index contributed by atoms with van der Waals surface area (Å²) < 4.78 is 13.2. The second-order valence-electron chi connectivity index (χ2n) is 5.42. The number of β-amino-alcohol motifs (C(OH)–C–C–N with tert-alkyl or cyclic N) is 1. The predicted molar refractivity (Wildman–Crippen MR) is 74.5 cm³/mol. The van der Waals surface area contributed by atoms with E-state index < -0.39 is 0 Å². The fourth-order valence-corrected chi connectivity index (χ4v) is 2.68. The molecule has 1 aliphatic rings. The molecule has 0 bridgehead atoms. The van der Waals surface area contributed by atoms with Crippen LogP contribution in [0.4, 0.5) is 4.39 Å². The number of halogens is 1. The van der Waals surface area contributed by atoms with Gasteiger partial charge in [-0.25, -0.2) is 4.39 Å². The molecule has 0 spiro atoms. The van der Waals surface area contributed by atoms with E-state index in [-0.39, 0.29) is 18.0 Å². The lowest BCUT2D eigenvalue weighted by atomic mass is 10.1. The quantitative estimate of drug-likeness (QED) is 0.901. The van der Waals surface area contributed by atoms with Crippen LogP contribution in [-0.2, 0) is 0 Å². The number of hydrogen-bond donors (Lipinski definition) is 1. The molecule has 1 fully saturated rings. The number of hydrogen-bond acceptors (Lipinski definition) is 3. The second kappa shape index (κ2) is 6.46. The molecule has 1 aromatic rings. The molecular formula is C15H23FN2O. The summed E-state index contributed by atoms with van der Waals surface area (Å²) in [5.74, 6) is -0.169. The van der Waals surface area contributed by atoms with Crippen molar-refractivity contribution >= 4 is 0 Å². The third-order valence-corrected chi connectivity index (χ3v) is 3.81. The number of aliphatic hydroxyl groups excluding tert-OH is 1. The van der Waals surface area contributed by atoms with Crippen LogP contribution in [0, 0.1) is 5.82 Å². The van der Waals surface area contributed by atoms with Crippen LogP contribution in [-0.4, -0.2) is 53.7 Å². The maximum atomic E-state index is 13.2. The molecule has 1 N–H and O–H groups in total. The Labute approximate surface area is 114 Å². The number of benzene rings is 1. The van der Waals surface area contributed by atoms with Crippen molar-refractivity contribution < 1.29 is 9.50 Å². The Morgan fingerprint density at radius 2 is 1.89 bits per heavy atom. The standard InChI is InChI=1S/C15H23FN2O/c1-12(19)11-17-6-8-18(9-7-17)13(2)14-4-3-5-15(16)10-14/h3-5,10,12-13,19H,6-9,11H2,1-2H3/t12-,13-/m1/s1. The van der Waals surface area contributed by atoms with Gasteiger partial charge in [0.15, 0.2) is 0 Å². The molecule has 19 heavy (non-hydrogen) atoms. The molecule has 106 valence electrons. The summed E-state index contributed by atoms with van der Waals surface area (Å²) in [7, 11) is 0. The van der Waals surface area contributed by atoms with Gasteiger partial charge in [-0.2, -0.15) is 0 Å². The molecule has 0 saturated carbocycles. The van der Waals surface area contributed by atoms with E-state index in [0.29, 0.717) is 0 Å². The van der Waals surface area contributed by atoms with Gasteiger partial charge in [0.05, 0.1) is 6.10 Å². The molecular weight excluding hydrogens is 243 g/mol. The van der Waals surface area contributed by atoms with Crippen molar-refractivity contribution in [3.63, 3.8) is 0 Å². The van der Waals surface area contributed by atoms with Crippen LogP contribution in [0.5, 0.6) is 0 Å². The van der Waals surface area contributed by atoms with Gasteiger partial charge in [0.25, 0.3) is 0 Å². The monoisotopic (exact) mass is 266 g/mol. The summed E-state index contributed by atoms with van der Waals surface area (Å²) in [6.07, 6.45) is -0.271. The number of rotatable bonds is 4. The van der Waals surface area contributed by atoms with Gasteiger partial charge in [-0.1, -0.05) is 12.1 Å². The average Bonchev–Trinajstić information content (AvgIpc) is 2.38. The summed E-state index contributed by atoms with van der Waals surface area (Å²) in [6.45, 7) is 8.53. The summed E-state index contributed by atoms with van der Waals surface area (Å²) in [5, 5.41) is 9.39. The van der Waals surface area contributed by atoms with E-state index in [9.17, 15) is 9.50 Å². The zero-order valence-corrected chi connectivity index (χ0v) is 11.7. The number of aliphatic hydroxyl groups is 1. The lowest BCUT2D eigenvalue weighted by Crippen LogP contribution is -2.48. The molecule has 2 rings (SSSR count). The smallest absolute Gasteiger partial charge is 0.123 e. The van der Waals surface area contributed by atoms with Crippen molar-refractivity contribution in [3.8, 4) is 0 Å². The molecule has 2 atom stereocenters. The van der Waals surface area contributed by atoms with Crippen molar-refractivity contribution in [1.29, 1.82) is 0 Å². The SMILES string of the molecule is C[C@H](c1cccc(F)c1)N1CCN(C[C@@H](C)O)CC1. The van der Waals surface area contributed by atoms with E-state index in [0.717, 1.165) is 38.3 Å². The topological polar surface area (TPSA) is 26.7 Å². The normalized spacial score (nSPS) is 21.3. The van der Waals surface area contributed by atoms with Crippen molar-refractivity contribution in [2.75, 3.05) is 32.7 Å². The maximum Gasteiger partial charge on any atom is 0.123 e. The third kappa shape index (κ3) is 4.00. The molecule has 1 heterocycles. The first-order valence-electron chi connectivity index (χ1n) is 6.96. The van der Waals surface area contributed by atoms with Crippen LogP contribution >= 0.6 is 0 Å². The van der Waals surface area contributed by atoms with Gasteiger partial charge < -0.3 is 5.11 Å². The molecule has 1 aromatic carbocycles. The van der Waals surface area contributed by atoms with Crippen molar-refractivity contribution in [1.82, 2.24) is 9.80 Å². The summed E-state index contributed by atoms with van der Waals surface area (Å²) in [6, 6.07) is 7.09. The third-order valence-electron chi connectivity index (χ3n) is 3.81. The molecule has 0 aliphatic carbocycles. The van der Waals surface area contributed by atoms with Gasteiger partial charge in [0, 0.05) is 38.8 Å². The van der Waals surface area contributed by atoms with Crippen molar-refractivity contribution in [2.45, 2.75) is 26.0 Å². The highest BCUT2D eigenvalue weighted by molar-refractivity contribution is 5.19. The number of nitrogens with zero attached hydrogens (tertiary/aromatic N) is 2. The fourth-order valence-electron chi connectivity index (χ4n) is 2.68. The molecule has 0 aromatic heterocycles. The first-order valence-corrected chi connectivity index (χ1v) is 6.96. The first-order chi connectivity index (χ1) is 9.06. The minimum Gasteiger partial charge on any atom is -0.392 e. The van der Waals surface area contributed by atoms with Crippen LogP contribution in [0.3, 0.4) is 0 Å². The minimum absolute atomic E-state index is 0.169. The molecule has 1 aliphatic heterocycles. The largest absolute Gasteiger partial charge is 0.392 e. The molecule has 3 nitrogen and oxygen atoms in total. The van der Waals surface area contributed by atoms with Gasteiger partial charge in [0.1, 0.15) is 5.82 Å². The predicted octanol–water partition coefficient (Wildman–Crippen LogP) is 1.89. The highest BCUT2D eigenvalue weighted by Gasteiger charge is 2.22. The van der Waals surface area contributed by atoms with Gasteiger partial charge >= 0.3 is 0 Å². The Bertz CT molecular complexity index is 403. The molecule has 0 unspecified atom stereocenters. The van der Waals surface area contributed by atoms with Crippen molar-refractivity contribution in [3.05, 3.63) is 35.6 Å². The van der Waals surface area contributed by atoms with Gasteiger partial charge in [0.2, 0.25) is 0 Å². The second-order valence-corrected chi connectivity index (χ2v) is 5.42. The van der Waals surface area contributed by atoms with Gasteiger partial charge in [-0.05, 0) is 31.5 Å². The summed E-state index contributed by atoms with van der Waals surface area (Å²) in [4.78, 5) is 4.65. The van der Waals surface area contributed by atoms with E-state index in [2.05, 4.69) is 16.7 Å². The maximum absolute atomic E-state index is 13.2.